The summed E-state index contributed by atoms with van der Waals surface area (Å²) in [5, 5.41) is 18.0. The van der Waals surface area contributed by atoms with Gasteiger partial charge in [-0.15, -0.1) is 0 Å². The second-order valence-electron chi connectivity index (χ2n) is 7.06. The van der Waals surface area contributed by atoms with Gasteiger partial charge in [-0.3, -0.25) is 4.79 Å². The van der Waals surface area contributed by atoms with E-state index in [2.05, 4.69) is 24.2 Å². The maximum atomic E-state index is 13.0. The van der Waals surface area contributed by atoms with Crippen LogP contribution in [0.5, 0.6) is 5.75 Å². The Bertz CT molecular complexity index is 960. The lowest BCUT2D eigenvalue weighted by atomic mass is 10.1. The van der Waals surface area contributed by atoms with E-state index < -0.39 is 0 Å². The first-order valence-electron chi connectivity index (χ1n) is 9.07. The van der Waals surface area contributed by atoms with Crippen LogP contribution in [0.4, 0.5) is 0 Å². The molecule has 1 aliphatic rings. The molecule has 4 rings (SSSR count). The molecule has 3 aromatic rings. The van der Waals surface area contributed by atoms with E-state index in [9.17, 15) is 9.90 Å². The zero-order valence-electron chi connectivity index (χ0n) is 15.3. The Balaban J connectivity index is 1.58. The summed E-state index contributed by atoms with van der Waals surface area (Å²) in [6, 6.07) is 10.1. The Morgan fingerprint density at radius 3 is 2.78 bits per heavy atom. The van der Waals surface area contributed by atoms with E-state index in [1.807, 2.05) is 6.07 Å². The van der Waals surface area contributed by atoms with Crippen molar-refractivity contribution in [3.8, 4) is 17.1 Å². The van der Waals surface area contributed by atoms with Crippen LogP contribution in [0, 0.1) is 0 Å². The molecular formula is C20H21N3O4. The van der Waals surface area contributed by atoms with Crippen molar-refractivity contribution >= 4 is 5.91 Å². The van der Waals surface area contributed by atoms with Gasteiger partial charge in [0.05, 0.1) is 17.3 Å². The van der Waals surface area contributed by atoms with Crippen LogP contribution in [0.1, 0.15) is 60.6 Å². The number of likely N-dealkylation sites (tertiary alicyclic amines) is 1. The van der Waals surface area contributed by atoms with Crippen molar-refractivity contribution in [3.63, 3.8) is 0 Å². The molecule has 0 bridgehead atoms. The van der Waals surface area contributed by atoms with E-state index in [0.29, 0.717) is 23.6 Å². The molecule has 1 aliphatic heterocycles. The molecule has 1 atom stereocenters. The lowest BCUT2D eigenvalue weighted by Gasteiger charge is -2.21. The highest BCUT2D eigenvalue weighted by molar-refractivity contribution is 5.93. The zero-order chi connectivity index (χ0) is 19.0. The quantitative estimate of drug-likeness (QED) is 0.745. The molecule has 1 fully saturated rings. The fraction of sp³-hybridized carbons (Fsp3) is 0.350. The minimum atomic E-state index is -0.217. The summed E-state index contributed by atoms with van der Waals surface area (Å²) < 4.78 is 10.8. The summed E-state index contributed by atoms with van der Waals surface area (Å²) in [6.07, 6.45) is 1.71. The van der Waals surface area contributed by atoms with Gasteiger partial charge in [-0.1, -0.05) is 36.3 Å². The molecule has 7 heteroatoms. The van der Waals surface area contributed by atoms with Crippen molar-refractivity contribution in [2.45, 2.75) is 38.6 Å². The number of carbonyl (C=O) groups is 1. The maximum Gasteiger partial charge on any atom is 0.276 e. The number of rotatable bonds is 4. The highest BCUT2D eigenvalue weighted by Gasteiger charge is 2.35. The lowest BCUT2D eigenvalue weighted by Crippen LogP contribution is -2.30. The van der Waals surface area contributed by atoms with Crippen LogP contribution in [0.25, 0.3) is 11.3 Å². The second-order valence-corrected chi connectivity index (χ2v) is 7.06. The molecule has 2 aromatic heterocycles. The fourth-order valence-electron chi connectivity index (χ4n) is 3.37. The molecular weight excluding hydrogens is 346 g/mol. The summed E-state index contributed by atoms with van der Waals surface area (Å²) in [5.41, 5.74) is 1.59. The van der Waals surface area contributed by atoms with Gasteiger partial charge in [-0.05, 0) is 30.9 Å². The molecule has 0 radical (unpaired) electrons. The van der Waals surface area contributed by atoms with E-state index in [0.717, 1.165) is 18.5 Å². The first kappa shape index (κ1) is 17.3. The van der Waals surface area contributed by atoms with Crippen molar-refractivity contribution in [1.29, 1.82) is 0 Å². The predicted octanol–water partition coefficient (Wildman–Crippen LogP) is 4.14. The Morgan fingerprint density at radius 2 is 2.04 bits per heavy atom. The zero-order valence-corrected chi connectivity index (χ0v) is 15.3. The number of carbonyl (C=O) groups excluding carboxylic acids is 1. The standard InChI is InChI=1S/C20H21N3O4/c1-12(2)14-10-19(27-21-14)16-7-5-9-23(16)20(25)15-11-18(26-22-15)13-6-3-4-8-17(13)24/h3-4,6,8,10-12,16,24H,5,7,9H2,1-2H3. The summed E-state index contributed by atoms with van der Waals surface area (Å²) in [5.74, 6) is 1.19. The number of nitrogens with zero attached hydrogens (tertiary/aromatic N) is 3. The third kappa shape index (κ3) is 3.20. The van der Waals surface area contributed by atoms with Crippen molar-refractivity contribution < 1.29 is 18.9 Å². The monoisotopic (exact) mass is 367 g/mol. The molecule has 1 unspecified atom stereocenters. The summed E-state index contributed by atoms with van der Waals surface area (Å²) in [4.78, 5) is 14.7. The molecule has 27 heavy (non-hydrogen) atoms. The van der Waals surface area contributed by atoms with E-state index in [4.69, 9.17) is 9.05 Å². The summed E-state index contributed by atoms with van der Waals surface area (Å²) in [7, 11) is 0. The molecule has 7 nitrogen and oxygen atoms in total. The Hall–Kier alpha value is -3.09. The number of benzene rings is 1. The van der Waals surface area contributed by atoms with Crippen LogP contribution in [0.15, 0.2) is 45.4 Å². The number of aromatic hydroxyl groups is 1. The van der Waals surface area contributed by atoms with Crippen molar-refractivity contribution in [1.82, 2.24) is 15.2 Å². The first-order chi connectivity index (χ1) is 13.0. The third-order valence-corrected chi connectivity index (χ3v) is 4.88. The molecule has 0 aliphatic carbocycles. The molecule has 1 N–H and O–H groups in total. The number of phenols is 1. The average Bonchev–Trinajstić information content (AvgIpc) is 3.40. The molecule has 0 saturated carbocycles. The van der Waals surface area contributed by atoms with Gasteiger partial charge in [0, 0.05) is 18.7 Å². The smallest absolute Gasteiger partial charge is 0.276 e. The number of hydrogen-bond acceptors (Lipinski definition) is 6. The van der Waals surface area contributed by atoms with Gasteiger partial charge in [-0.2, -0.15) is 0 Å². The Kier molecular flexibility index (Phi) is 4.43. The van der Waals surface area contributed by atoms with E-state index in [1.165, 1.54) is 0 Å². The van der Waals surface area contributed by atoms with Gasteiger partial charge in [0.1, 0.15) is 5.75 Å². The molecule has 1 saturated heterocycles. The largest absolute Gasteiger partial charge is 0.507 e. The van der Waals surface area contributed by atoms with Crippen molar-refractivity contribution in [3.05, 3.63) is 53.5 Å². The van der Waals surface area contributed by atoms with Crippen LogP contribution in [-0.4, -0.2) is 32.8 Å². The third-order valence-electron chi connectivity index (χ3n) is 4.88. The number of aromatic nitrogens is 2. The lowest BCUT2D eigenvalue weighted by molar-refractivity contribution is 0.0704. The van der Waals surface area contributed by atoms with Gasteiger partial charge in [0.15, 0.2) is 17.2 Å². The normalized spacial score (nSPS) is 17.0. The van der Waals surface area contributed by atoms with E-state index >= 15 is 0 Å². The van der Waals surface area contributed by atoms with Gasteiger partial charge in [-0.25, -0.2) is 0 Å². The average molecular weight is 367 g/mol. The molecule has 3 heterocycles. The van der Waals surface area contributed by atoms with E-state index in [-0.39, 0.29) is 29.3 Å². The topological polar surface area (TPSA) is 92.6 Å². The van der Waals surface area contributed by atoms with Gasteiger partial charge < -0.3 is 19.1 Å². The van der Waals surface area contributed by atoms with Crippen LogP contribution in [0.2, 0.25) is 0 Å². The SMILES string of the molecule is CC(C)c1cc(C2CCCN2C(=O)c2cc(-c3ccccc3O)on2)on1. The van der Waals surface area contributed by atoms with Gasteiger partial charge in [0.2, 0.25) is 0 Å². The molecule has 1 amide bonds. The number of phenolic OH excluding ortho intramolecular Hbond substituents is 1. The molecule has 0 spiro atoms. The van der Waals surface area contributed by atoms with Crippen molar-refractivity contribution in [2.75, 3.05) is 6.54 Å². The highest BCUT2D eigenvalue weighted by atomic mass is 16.5. The maximum absolute atomic E-state index is 13.0. The van der Waals surface area contributed by atoms with Gasteiger partial charge >= 0.3 is 0 Å². The van der Waals surface area contributed by atoms with Crippen molar-refractivity contribution in [2.24, 2.45) is 0 Å². The Morgan fingerprint density at radius 1 is 1.22 bits per heavy atom. The number of hydrogen-bond donors (Lipinski definition) is 1. The Labute approximate surface area is 156 Å². The minimum Gasteiger partial charge on any atom is -0.507 e. The first-order valence-corrected chi connectivity index (χ1v) is 9.07. The fourth-order valence-corrected chi connectivity index (χ4v) is 3.37. The molecule has 1 aromatic carbocycles. The highest BCUT2D eigenvalue weighted by Crippen LogP contribution is 2.35. The summed E-state index contributed by atoms with van der Waals surface area (Å²) in [6.45, 7) is 4.73. The predicted molar refractivity (Wildman–Crippen MR) is 97.2 cm³/mol. The minimum absolute atomic E-state index is 0.0783. The number of para-hydroxylation sites is 1. The van der Waals surface area contributed by atoms with Crippen LogP contribution >= 0.6 is 0 Å². The van der Waals surface area contributed by atoms with Crippen LogP contribution in [-0.2, 0) is 0 Å². The molecule has 140 valence electrons. The van der Waals surface area contributed by atoms with Gasteiger partial charge in [0.25, 0.3) is 5.91 Å². The van der Waals surface area contributed by atoms with Crippen LogP contribution < -0.4 is 0 Å². The van der Waals surface area contributed by atoms with Crippen LogP contribution in [0.3, 0.4) is 0 Å². The summed E-state index contributed by atoms with van der Waals surface area (Å²) >= 11 is 0. The number of amides is 1. The second kappa shape index (κ2) is 6.90. The van der Waals surface area contributed by atoms with E-state index in [1.54, 1.807) is 35.2 Å².